The van der Waals surface area contributed by atoms with Crippen LogP contribution in [0.5, 0.6) is 5.75 Å². The molecule has 1 aromatic carbocycles. The van der Waals surface area contributed by atoms with Gasteiger partial charge in [0.15, 0.2) is 35.0 Å². The number of nitrogen functional groups attached to an aromatic ring is 1. The number of hydrogen-bond acceptors (Lipinski definition) is 12. The summed E-state index contributed by atoms with van der Waals surface area (Å²) in [7, 11) is -4.57. The molecule has 4 N–H and O–H groups in total. The van der Waals surface area contributed by atoms with E-state index >= 15 is 8.78 Å². The normalized spacial score (nSPS) is 28.3. The predicted molar refractivity (Wildman–Crippen MR) is 162 cm³/mol. The van der Waals surface area contributed by atoms with E-state index in [1.54, 1.807) is 32.0 Å². The van der Waals surface area contributed by atoms with Crippen LogP contribution in [0.3, 0.4) is 0 Å². The minimum absolute atomic E-state index is 0.0705. The van der Waals surface area contributed by atoms with Gasteiger partial charge in [-0.05, 0) is 65.5 Å². The molecule has 2 aliphatic carbocycles. The standard InChI is InChI=1S/C29H38F2N7O7P/c1-16(2)43-24(39)17(3)36-46(41,45-20-8-6-5-7-9-20)42-14-29(31)25(40)28(4,30)26(44-29)37-15-33-21-22(37)34-27(32)35-23(21)38(18-10-11-18)19-12-13-19/h5-9,15-19,25-26,40H,10-14H2,1-4H3,(H,36,41)(H2,32,34,35)/t17-,25-,26+,28+,29+,46-/m0/s1. The van der Waals surface area contributed by atoms with Gasteiger partial charge in [0, 0.05) is 12.1 Å². The number of aliphatic hydroxyl groups is 1. The van der Waals surface area contributed by atoms with Gasteiger partial charge in [-0.15, -0.1) is 0 Å². The van der Waals surface area contributed by atoms with Crippen molar-refractivity contribution in [2.75, 3.05) is 17.2 Å². The largest absolute Gasteiger partial charge is 0.462 e. The van der Waals surface area contributed by atoms with Gasteiger partial charge in [0.05, 0.1) is 12.4 Å². The molecule has 2 saturated carbocycles. The van der Waals surface area contributed by atoms with Gasteiger partial charge in [0.25, 0.3) is 5.85 Å². The maximum atomic E-state index is 16.5. The van der Waals surface area contributed by atoms with Crippen LogP contribution in [-0.4, -0.2) is 79.1 Å². The molecule has 3 aliphatic rings. The molecule has 2 aromatic heterocycles. The predicted octanol–water partition coefficient (Wildman–Crippen LogP) is 3.96. The molecule has 17 heteroatoms. The molecule has 0 bridgehead atoms. The Morgan fingerprint density at radius 2 is 1.85 bits per heavy atom. The highest BCUT2D eigenvalue weighted by atomic mass is 31.2. The highest BCUT2D eigenvalue weighted by molar-refractivity contribution is 7.52. The number of nitrogens with zero attached hydrogens (tertiary/aromatic N) is 5. The number of esters is 1. The average Bonchev–Trinajstić information content (AvgIpc) is 3.93. The van der Waals surface area contributed by atoms with E-state index in [2.05, 4.69) is 24.9 Å². The molecular weight excluding hydrogens is 627 g/mol. The Hall–Kier alpha value is -3.43. The molecule has 3 heterocycles. The van der Waals surface area contributed by atoms with Crippen molar-refractivity contribution in [2.45, 2.75) is 101 Å². The molecule has 6 atom stereocenters. The second-order valence-corrected chi connectivity index (χ2v) is 14.1. The van der Waals surface area contributed by atoms with Gasteiger partial charge in [-0.1, -0.05) is 18.2 Å². The summed E-state index contributed by atoms with van der Waals surface area (Å²) < 4.78 is 69.5. The monoisotopic (exact) mass is 665 g/mol. The number of para-hydroxylation sites is 1. The lowest BCUT2D eigenvalue weighted by Crippen LogP contribution is -2.47. The summed E-state index contributed by atoms with van der Waals surface area (Å²) in [5.41, 5.74) is 3.74. The van der Waals surface area contributed by atoms with Crippen molar-refractivity contribution >= 4 is 36.6 Å². The maximum Gasteiger partial charge on any atom is 0.459 e. The fraction of sp³-hybridized carbons (Fsp3) is 0.586. The molecular formula is C29H38F2N7O7P. The lowest BCUT2D eigenvalue weighted by atomic mass is 9.97. The number of carbonyl (C=O) groups is 1. The van der Waals surface area contributed by atoms with Crippen molar-refractivity contribution < 1.29 is 41.8 Å². The van der Waals surface area contributed by atoms with Gasteiger partial charge >= 0.3 is 13.7 Å². The van der Waals surface area contributed by atoms with Crippen LogP contribution in [0, 0.1) is 0 Å². The van der Waals surface area contributed by atoms with Gasteiger partial charge in [-0.3, -0.25) is 13.9 Å². The lowest BCUT2D eigenvalue weighted by Gasteiger charge is -2.28. The smallest absolute Gasteiger partial charge is 0.459 e. The first-order chi connectivity index (χ1) is 21.7. The topological polar surface area (TPSA) is 176 Å². The molecule has 250 valence electrons. The van der Waals surface area contributed by atoms with Gasteiger partial charge in [0.2, 0.25) is 5.95 Å². The number of fused-ring (bicyclic) bond motifs is 1. The van der Waals surface area contributed by atoms with Crippen LogP contribution in [0.15, 0.2) is 36.7 Å². The van der Waals surface area contributed by atoms with E-state index in [1.165, 1.54) is 25.4 Å². The van der Waals surface area contributed by atoms with Crippen LogP contribution in [0.2, 0.25) is 0 Å². The third kappa shape index (κ3) is 6.41. The number of nitrogens with two attached hydrogens (primary N) is 1. The van der Waals surface area contributed by atoms with Crippen LogP contribution >= 0.6 is 7.75 Å². The second-order valence-electron chi connectivity index (χ2n) is 12.4. The van der Waals surface area contributed by atoms with E-state index in [1.807, 2.05) is 0 Å². The molecule has 3 aromatic rings. The molecule has 1 saturated heterocycles. The summed E-state index contributed by atoms with van der Waals surface area (Å²) in [6.07, 6.45) is 0.536. The number of imidazole rings is 1. The number of carbonyl (C=O) groups excluding carboxylic acids is 1. The summed E-state index contributed by atoms with van der Waals surface area (Å²) in [6.45, 7) is 4.34. The number of benzene rings is 1. The summed E-state index contributed by atoms with van der Waals surface area (Å²) in [6, 6.07) is 7.18. The molecule has 3 fully saturated rings. The number of alkyl halides is 2. The molecule has 0 radical (unpaired) electrons. The van der Waals surface area contributed by atoms with Gasteiger partial charge in [-0.25, -0.2) is 18.3 Å². The third-order valence-corrected chi connectivity index (χ3v) is 9.61. The Balaban J connectivity index is 1.27. The Kier molecular flexibility index (Phi) is 8.47. The van der Waals surface area contributed by atoms with Crippen LogP contribution < -0.4 is 20.2 Å². The van der Waals surface area contributed by atoms with Crippen LogP contribution in [0.1, 0.15) is 59.6 Å². The zero-order valence-electron chi connectivity index (χ0n) is 25.9. The number of aromatic nitrogens is 4. The highest BCUT2D eigenvalue weighted by Crippen LogP contribution is 2.52. The average molecular weight is 666 g/mol. The Morgan fingerprint density at radius 1 is 1.20 bits per heavy atom. The number of anilines is 2. The summed E-state index contributed by atoms with van der Waals surface area (Å²) in [5.74, 6) is -3.51. The van der Waals surface area contributed by atoms with E-state index < -0.39 is 56.3 Å². The highest BCUT2D eigenvalue weighted by Gasteiger charge is 2.65. The Bertz CT molecular complexity index is 1630. The van der Waals surface area contributed by atoms with E-state index in [9.17, 15) is 14.5 Å². The molecule has 0 amide bonds. The second kappa shape index (κ2) is 12.0. The summed E-state index contributed by atoms with van der Waals surface area (Å²) >= 11 is 0. The van der Waals surface area contributed by atoms with Gasteiger partial charge in [-0.2, -0.15) is 15.1 Å². The number of hydrogen-bond donors (Lipinski definition) is 3. The first-order valence-electron chi connectivity index (χ1n) is 15.2. The molecule has 6 rings (SSSR count). The van der Waals surface area contributed by atoms with Crippen molar-refractivity contribution in [3.63, 3.8) is 0 Å². The van der Waals surface area contributed by atoms with Crippen molar-refractivity contribution in [2.24, 2.45) is 0 Å². The quantitative estimate of drug-likeness (QED) is 0.177. The first kappa shape index (κ1) is 32.5. The van der Waals surface area contributed by atoms with Gasteiger partial charge in [0.1, 0.15) is 18.4 Å². The van der Waals surface area contributed by atoms with Crippen molar-refractivity contribution in [3.05, 3.63) is 36.7 Å². The van der Waals surface area contributed by atoms with Crippen molar-refractivity contribution in [1.82, 2.24) is 24.6 Å². The zero-order chi connectivity index (χ0) is 33.0. The Labute approximate surface area is 264 Å². The molecule has 0 unspecified atom stereocenters. The minimum atomic E-state index is -4.57. The fourth-order valence-electron chi connectivity index (χ4n) is 5.49. The number of ether oxygens (including phenoxy) is 2. The number of nitrogens with one attached hydrogen (secondary N) is 1. The fourth-order valence-corrected chi connectivity index (χ4v) is 6.99. The summed E-state index contributed by atoms with van der Waals surface area (Å²) in [4.78, 5) is 27.8. The Morgan fingerprint density at radius 3 is 2.46 bits per heavy atom. The van der Waals surface area contributed by atoms with E-state index in [4.69, 9.17) is 24.3 Å². The maximum absolute atomic E-state index is 16.5. The SMILES string of the molecule is CC(C)OC(=O)[C@H](C)N[P@](=O)(OC[C@@]1(F)O[C@@H](n2cnc3c(N(C4CC4)C4CC4)nc(N)nc32)[C@](C)(F)[C@@H]1O)Oc1ccccc1. The molecule has 14 nitrogen and oxygen atoms in total. The third-order valence-electron chi connectivity index (χ3n) is 7.99. The lowest BCUT2D eigenvalue weighted by molar-refractivity contribution is -0.202. The van der Waals surface area contributed by atoms with E-state index in [0.29, 0.717) is 23.4 Å². The number of halogens is 2. The molecule has 0 spiro atoms. The van der Waals surface area contributed by atoms with Crippen LogP contribution in [0.25, 0.3) is 11.2 Å². The first-order valence-corrected chi connectivity index (χ1v) is 16.7. The van der Waals surface area contributed by atoms with Crippen LogP contribution in [0.4, 0.5) is 20.5 Å². The van der Waals surface area contributed by atoms with Crippen molar-refractivity contribution in [1.29, 1.82) is 0 Å². The van der Waals surface area contributed by atoms with Crippen molar-refractivity contribution in [3.8, 4) is 5.75 Å². The van der Waals surface area contributed by atoms with Gasteiger partial charge < -0.3 is 29.7 Å². The zero-order valence-corrected chi connectivity index (χ0v) is 26.8. The summed E-state index contributed by atoms with van der Waals surface area (Å²) in [5, 5.41) is 13.4. The van der Waals surface area contributed by atoms with E-state index in [0.717, 1.165) is 37.2 Å². The number of aliphatic hydroxyl groups excluding tert-OH is 1. The number of rotatable bonds is 13. The van der Waals surface area contributed by atoms with E-state index in [-0.39, 0.29) is 17.3 Å². The molecule has 1 aliphatic heterocycles. The van der Waals surface area contributed by atoms with Crippen LogP contribution in [-0.2, 0) is 23.4 Å². The minimum Gasteiger partial charge on any atom is -0.462 e. The molecule has 46 heavy (non-hydrogen) atoms.